The van der Waals surface area contributed by atoms with Gasteiger partial charge in [-0.05, 0) is 24.6 Å². The van der Waals surface area contributed by atoms with Gasteiger partial charge in [0.1, 0.15) is 10.1 Å². The number of carbonyl (C=O) groups excluding carboxylic acids is 1. The molecule has 0 unspecified atom stereocenters. The monoisotopic (exact) mass is 384 g/mol. The molecule has 0 atom stereocenters. The molecule has 0 saturated heterocycles. The lowest BCUT2D eigenvalue weighted by atomic mass is 10.2. The first kappa shape index (κ1) is 18.5. The Kier molecular flexibility index (Phi) is 6.30. The third-order valence-electron chi connectivity index (χ3n) is 3.74. The van der Waals surface area contributed by atoms with Gasteiger partial charge in [0.05, 0.1) is 24.9 Å². The molecule has 4 nitrogen and oxygen atoms in total. The van der Waals surface area contributed by atoms with Gasteiger partial charge in [-0.3, -0.25) is 4.79 Å². The van der Waals surface area contributed by atoms with Crippen LogP contribution in [0.25, 0.3) is 0 Å². The van der Waals surface area contributed by atoms with E-state index in [9.17, 15) is 4.79 Å². The van der Waals surface area contributed by atoms with E-state index in [4.69, 9.17) is 4.74 Å². The molecular formula is C20H20N2O2S2. The number of hydrogen-bond donors (Lipinski definition) is 1. The molecule has 0 bridgehead atoms. The number of aryl methyl sites for hydroxylation is 1. The Morgan fingerprint density at radius 2 is 1.96 bits per heavy atom. The van der Waals surface area contributed by atoms with Crippen molar-refractivity contribution in [2.24, 2.45) is 0 Å². The molecule has 1 aromatic heterocycles. The largest absolute Gasteiger partial charge is 0.495 e. The SMILES string of the molecule is COc1ccccc1NC(=O)Cc1csc(SCc2ccc(C)cc2)n1. The van der Waals surface area contributed by atoms with Crippen molar-refractivity contribution in [2.45, 2.75) is 23.4 Å². The van der Waals surface area contributed by atoms with E-state index >= 15 is 0 Å². The van der Waals surface area contributed by atoms with E-state index < -0.39 is 0 Å². The molecule has 0 saturated carbocycles. The summed E-state index contributed by atoms with van der Waals surface area (Å²) in [4.78, 5) is 16.8. The predicted molar refractivity (Wildman–Crippen MR) is 108 cm³/mol. The smallest absolute Gasteiger partial charge is 0.230 e. The lowest BCUT2D eigenvalue weighted by molar-refractivity contribution is -0.115. The van der Waals surface area contributed by atoms with Gasteiger partial charge in [-0.25, -0.2) is 4.98 Å². The molecule has 6 heteroatoms. The normalized spacial score (nSPS) is 10.5. The van der Waals surface area contributed by atoms with Crippen LogP contribution in [0.15, 0.2) is 58.3 Å². The molecule has 2 aromatic carbocycles. The summed E-state index contributed by atoms with van der Waals surface area (Å²) in [6.45, 7) is 2.08. The Balaban J connectivity index is 1.54. The summed E-state index contributed by atoms with van der Waals surface area (Å²) in [5, 5.41) is 4.82. The number of thioether (sulfide) groups is 1. The quantitative estimate of drug-likeness (QED) is 0.587. The van der Waals surface area contributed by atoms with Crippen LogP contribution in [0.3, 0.4) is 0 Å². The second kappa shape index (κ2) is 8.87. The number of anilines is 1. The van der Waals surface area contributed by atoms with E-state index in [-0.39, 0.29) is 12.3 Å². The maximum Gasteiger partial charge on any atom is 0.230 e. The highest BCUT2D eigenvalue weighted by Crippen LogP contribution is 2.27. The highest BCUT2D eigenvalue weighted by Gasteiger charge is 2.11. The van der Waals surface area contributed by atoms with Gasteiger partial charge in [0.2, 0.25) is 5.91 Å². The van der Waals surface area contributed by atoms with Crippen molar-refractivity contribution in [3.05, 3.63) is 70.7 Å². The van der Waals surface area contributed by atoms with E-state index in [2.05, 4.69) is 41.5 Å². The first-order valence-electron chi connectivity index (χ1n) is 8.19. The molecule has 1 N–H and O–H groups in total. The number of benzene rings is 2. The topological polar surface area (TPSA) is 51.2 Å². The third kappa shape index (κ3) is 5.09. The molecule has 0 spiro atoms. The first-order valence-corrected chi connectivity index (χ1v) is 10.1. The molecule has 1 heterocycles. The Bertz CT molecular complexity index is 876. The molecule has 0 aliphatic rings. The summed E-state index contributed by atoms with van der Waals surface area (Å²) in [5.74, 6) is 1.42. The molecule has 3 aromatic rings. The molecule has 26 heavy (non-hydrogen) atoms. The van der Waals surface area contributed by atoms with Crippen molar-refractivity contribution in [2.75, 3.05) is 12.4 Å². The molecule has 3 rings (SSSR count). The zero-order chi connectivity index (χ0) is 18.4. The highest BCUT2D eigenvalue weighted by molar-refractivity contribution is 8.00. The number of hydrogen-bond acceptors (Lipinski definition) is 5. The van der Waals surface area contributed by atoms with Gasteiger partial charge < -0.3 is 10.1 Å². The maximum absolute atomic E-state index is 12.3. The number of nitrogens with one attached hydrogen (secondary N) is 1. The summed E-state index contributed by atoms with van der Waals surface area (Å²) in [5.41, 5.74) is 3.99. The van der Waals surface area contributed by atoms with Gasteiger partial charge in [-0.15, -0.1) is 11.3 Å². The van der Waals surface area contributed by atoms with Crippen molar-refractivity contribution < 1.29 is 9.53 Å². The number of aromatic nitrogens is 1. The minimum absolute atomic E-state index is 0.102. The molecule has 0 aliphatic heterocycles. The van der Waals surface area contributed by atoms with Crippen molar-refractivity contribution in [1.29, 1.82) is 0 Å². The van der Waals surface area contributed by atoms with E-state index in [0.29, 0.717) is 11.4 Å². The van der Waals surface area contributed by atoms with Gasteiger partial charge in [-0.2, -0.15) is 0 Å². The van der Waals surface area contributed by atoms with Crippen LogP contribution >= 0.6 is 23.1 Å². The maximum atomic E-state index is 12.3. The van der Waals surface area contributed by atoms with Crippen LogP contribution in [0.5, 0.6) is 5.75 Å². The summed E-state index contributed by atoms with van der Waals surface area (Å²) in [6.07, 6.45) is 0.250. The number of carbonyl (C=O) groups is 1. The van der Waals surface area contributed by atoms with Crippen molar-refractivity contribution in [1.82, 2.24) is 4.98 Å². The number of rotatable bonds is 7. The summed E-state index contributed by atoms with van der Waals surface area (Å²) in [7, 11) is 1.59. The fraction of sp³-hybridized carbons (Fsp3) is 0.200. The van der Waals surface area contributed by atoms with Crippen LogP contribution in [0.4, 0.5) is 5.69 Å². The number of para-hydroxylation sites is 2. The Hall–Kier alpha value is -2.31. The standard InChI is InChI=1S/C20H20N2O2S2/c1-14-7-9-15(10-8-14)12-25-20-21-16(13-26-20)11-19(23)22-17-5-3-4-6-18(17)24-2/h3-10,13H,11-12H2,1-2H3,(H,22,23). The lowest BCUT2D eigenvalue weighted by Gasteiger charge is -2.08. The van der Waals surface area contributed by atoms with Crippen LogP contribution in [0, 0.1) is 6.92 Å². The average molecular weight is 385 g/mol. The van der Waals surface area contributed by atoms with E-state index in [0.717, 1.165) is 15.8 Å². The van der Waals surface area contributed by atoms with Crippen LogP contribution in [0.2, 0.25) is 0 Å². The van der Waals surface area contributed by atoms with Gasteiger partial charge in [0, 0.05) is 11.1 Å². The lowest BCUT2D eigenvalue weighted by Crippen LogP contribution is -2.15. The van der Waals surface area contributed by atoms with Crippen LogP contribution < -0.4 is 10.1 Å². The molecule has 134 valence electrons. The summed E-state index contributed by atoms with van der Waals surface area (Å²) in [6, 6.07) is 15.9. The van der Waals surface area contributed by atoms with Crippen molar-refractivity contribution in [3.63, 3.8) is 0 Å². The summed E-state index contributed by atoms with van der Waals surface area (Å²) < 4.78 is 6.23. The van der Waals surface area contributed by atoms with Crippen LogP contribution in [-0.4, -0.2) is 18.0 Å². The minimum Gasteiger partial charge on any atom is -0.495 e. The first-order chi connectivity index (χ1) is 12.6. The molecule has 0 aliphatic carbocycles. The third-order valence-corrected chi connectivity index (χ3v) is 5.88. The molecule has 0 fully saturated rings. The highest BCUT2D eigenvalue weighted by atomic mass is 32.2. The number of thiazole rings is 1. The minimum atomic E-state index is -0.102. The number of amides is 1. The molecule has 0 radical (unpaired) electrons. The molecular weight excluding hydrogens is 364 g/mol. The van der Waals surface area contributed by atoms with Crippen molar-refractivity contribution >= 4 is 34.7 Å². The van der Waals surface area contributed by atoms with Gasteiger partial charge in [-0.1, -0.05) is 53.7 Å². The zero-order valence-electron chi connectivity index (χ0n) is 14.7. The average Bonchev–Trinajstić information content (AvgIpc) is 3.09. The second-order valence-electron chi connectivity index (χ2n) is 5.80. The fourth-order valence-electron chi connectivity index (χ4n) is 2.37. The van der Waals surface area contributed by atoms with Crippen molar-refractivity contribution in [3.8, 4) is 5.75 Å². The molecule has 1 amide bonds. The Morgan fingerprint density at radius 1 is 1.19 bits per heavy atom. The Morgan fingerprint density at radius 3 is 2.73 bits per heavy atom. The second-order valence-corrected chi connectivity index (χ2v) is 7.88. The van der Waals surface area contributed by atoms with Gasteiger partial charge >= 0.3 is 0 Å². The van der Waals surface area contributed by atoms with Gasteiger partial charge in [0.15, 0.2) is 0 Å². The zero-order valence-corrected chi connectivity index (χ0v) is 16.3. The number of nitrogens with zero attached hydrogens (tertiary/aromatic N) is 1. The van der Waals surface area contributed by atoms with E-state index in [1.54, 1.807) is 30.2 Å². The predicted octanol–water partition coefficient (Wildman–Crippen LogP) is 4.93. The summed E-state index contributed by atoms with van der Waals surface area (Å²) >= 11 is 3.27. The number of ether oxygens (including phenoxy) is 1. The van der Waals surface area contributed by atoms with Crippen LogP contribution in [-0.2, 0) is 17.0 Å². The van der Waals surface area contributed by atoms with Gasteiger partial charge in [0.25, 0.3) is 0 Å². The number of methoxy groups -OCH3 is 1. The van der Waals surface area contributed by atoms with Crippen LogP contribution in [0.1, 0.15) is 16.8 Å². The van der Waals surface area contributed by atoms with E-state index in [1.807, 2.05) is 29.6 Å². The fourth-order valence-corrected chi connectivity index (χ4v) is 4.17. The Labute approximate surface area is 161 Å². The van der Waals surface area contributed by atoms with E-state index in [1.165, 1.54) is 11.1 Å².